The van der Waals surface area contributed by atoms with Crippen LogP contribution in [-0.4, -0.2) is 11.4 Å². The van der Waals surface area contributed by atoms with Crippen molar-refractivity contribution in [3.05, 3.63) is 52.5 Å². The molecule has 0 aromatic heterocycles. The normalized spacial score (nSPS) is 11.1. The molecule has 0 radical (unpaired) electrons. The van der Waals surface area contributed by atoms with Crippen molar-refractivity contribution in [3.8, 4) is 6.19 Å². The summed E-state index contributed by atoms with van der Waals surface area (Å²) in [5.74, 6) is 0. The van der Waals surface area contributed by atoms with E-state index >= 15 is 0 Å². The van der Waals surface area contributed by atoms with Gasteiger partial charge in [-0.05, 0) is 30.5 Å². The number of halogens is 2. The average Bonchev–Trinajstić information content (AvgIpc) is 2.51. The summed E-state index contributed by atoms with van der Waals surface area (Å²) in [7, 11) is 0. The molecule has 1 N–H and O–H groups in total. The van der Waals surface area contributed by atoms with Crippen LogP contribution < -0.4 is 5.32 Å². The molecule has 0 atom stereocenters. The zero-order valence-corrected chi connectivity index (χ0v) is 14.7. The molecule has 0 heterocycles. The van der Waals surface area contributed by atoms with E-state index in [1.54, 1.807) is 12.1 Å². The number of hydrogen-bond donors (Lipinski definition) is 1. The third-order valence-electron chi connectivity index (χ3n) is 2.53. The Morgan fingerprint density at radius 1 is 1.18 bits per heavy atom. The zero-order chi connectivity index (χ0) is 15.9. The van der Waals surface area contributed by atoms with Gasteiger partial charge in [0.15, 0.2) is 11.4 Å². The van der Waals surface area contributed by atoms with Gasteiger partial charge in [0.25, 0.3) is 0 Å². The number of benzene rings is 2. The molecule has 112 valence electrons. The average molecular weight is 368 g/mol. The largest absolute Gasteiger partial charge is 0.271 e. The summed E-state index contributed by atoms with van der Waals surface area (Å²) < 4.78 is 0. The highest BCUT2D eigenvalue weighted by atomic mass is 35.5. The lowest BCUT2D eigenvalue weighted by molar-refractivity contribution is 1.27. The van der Waals surface area contributed by atoms with Crippen LogP contribution in [0.1, 0.15) is 0 Å². The first-order valence-electron chi connectivity index (χ1n) is 6.13. The highest BCUT2D eigenvalue weighted by molar-refractivity contribution is 8.13. The molecular weight excluding hydrogens is 357 g/mol. The van der Waals surface area contributed by atoms with Gasteiger partial charge in [0.1, 0.15) is 0 Å². The molecule has 0 amide bonds. The van der Waals surface area contributed by atoms with Gasteiger partial charge in [0.05, 0.1) is 15.7 Å². The standard InChI is InChI=1S/C15H11Cl2N3S2/c1-21-15(19-9-18)20-10-7-12(16)14(13(17)8-10)22-11-5-3-2-4-6-11/h2-8H,1H3,(H,19,20). The predicted octanol–water partition coefficient (Wildman–Crippen LogP) is 5.57. The highest BCUT2D eigenvalue weighted by Crippen LogP contribution is 2.41. The van der Waals surface area contributed by atoms with Crippen molar-refractivity contribution in [2.24, 2.45) is 4.99 Å². The lowest BCUT2D eigenvalue weighted by Crippen LogP contribution is -2.12. The number of thioether (sulfide) groups is 1. The minimum atomic E-state index is 0.484. The van der Waals surface area contributed by atoms with E-state index in [0.29, 0.717) is 20.9 Å². The number of aliphatic imine (C=N–C) groups is 1. The number of rotatable bonds is 3. The molecule has 0 aliphatic rings. The fourth-order valence-corrected chi connectivity index (χ4v) is 3.50. The van der Waals surface area contributed by atoms with Crippen molar-refractivity contribution in [2.45, 2.75) is 9.79 Å². The monoisotopic (exact) mass is 367 g/mol. The summed E-state index contributed by atoms with van der Waals surface area (Å²) >= 11 is 15.5. The number of nitrogens with one attached hydrogen (secondary N) is 1. The van der Waals surface area contributed by atoms with E-state index in [1.165, 1.54) is 23.5 Å². The Kier molecular flexibility index (Phi) is 6.47. The van der Waals surface area contributed by atoms with Crippen LogP contribution in [0.4, 0.5) is 5.69 Å². The molecule has 0 aliphatic carbocycles. The van der Waals surface area contributed by atoms with Crippen molar-refractivity contribution >= 4 is 57.6 Å². The number of nitriles is 1. The van der Waals surface area contributed by atoms with Gasteiger partial charge in [0, 0.05) is 9.79 Å². The van der Waals surface area contributed by atoms with E-state index in [9.17, 15) is 0 Å². The van der Waals surface area contributed by atoms with Crippen molar-refractivity contribution in [3.63, 3.8) is 0 Å². The van der Waals surface area contributed by atoms with E-state index in [1.807, 2.05) is 42.8 Å². The number of nitrogens with zero attached hydrogens (tertiary/aromatic N) is 2. The maximum Gasteiger partial charge on any atom is 0.183 e. The molecule has 0 spiro atoms. The van der Waals surface area contributed by atoms with E-state index in [4.69, 9.17) is 28.5 Å². The van der Waals surface area contributed by atoms with Crippen molar-refractivity contribution < 1.29 is 0 Å². The SMILES string of the molecule is CSC(=Nc1cc(Cl)c(Sc2ccccc2)c(Cl)c1)NC#N. The van der Waals surface area contributed by atoms with Crippen LogP contribution in [0, 0.1) is 11.5 Å². The van der Waals surface area contributed by atoms with Crippen LogP contribution in [0.5, 0.6) is 0 Å². The quantitative estimate of drug-likeness (QED) is 0.333. The molecule has 0 aliphatic heterocycles. The Morgan fingerprint density at radius 2 is 1.82 bits per heavy atom. The Labute approximate surface area is 147 Å². The second kappa shape index (κ2) is 8.35. The first-order valence-corrected chi connectivity index (χ1v) is 8.93. The van der Waals surface area contributed by atoms with Crippen LogP contribution in [0.2, 0.25) is 10.0 Å². The zero-order valence-electron chi connectivity index (χ0n) is 11.5. The third kappa shape index (κ3) is 4.59. The first-order chi connectivity index (χ1) is 10.6. The maximum atomic E-state index is 8.65. The van der Waals surface area contributed by atoms with Crippen molar-refractivity contribution in [1.29, 1.82) is 5.26 Å². The molecule has 0 saturated heterocycles. The molecule has 3 nitrogen and oxygen atoms in total. The van der Waals surface area contributed by atoms with E-state index in [-0.39, 0.29) is 0 Å². The molecule has 7 heteroatoms. The summed E-state index contributed by atoms with van der Waals surface area (Å²) in [6.45, 7) is 0. The molecule has 0 saturated carbocycles. The van der Waals surface area contributed by atoms with Gasteiger partial charge in [0.2, 0.25) is 0 Å². The molecule has 0 fully saturated rings. The second-order valence-electron chi connectivity index (χ2n) is 4.01. The fourth-order valence-electron chi connectivity index (χ4n) is 1.60. The minimum absolute atomic E-state index is 0.484. The van der Waals surface area contributed by atoms with Crippen LogP contribution in [0.25, 0.3) is 0 Å². The molecule has 0 unspecified atom stereocenters. The van der Waals surface area contributed by atoms with Gasteiger partial charge in [-0.15, -0.1) is 0 Å². The molecule has 22 heavy (non-hydrogen) atoms. The second-order valence-corrected chi connectivity index (χ2v) is 6.70. The summed E-state index contributed by atoms with van der Waals surface area (Å²) in [5.41, 5.74) is 0.597. The molecule has 2 rings (SSSR count). The third-order valence-corrected chi connectivity index (χ3v) is 5.09. The van der Waals surface area contributed by atoms with Crippen molar-refractivity contribution in [1.82, 2.24) is 5.32 Å². The first kappa shape index (κ1) is 17.0. The van der Waals surface area contributed by atoms with E-state index in [2.05, 4.69) is 10.3 Å². The lowest BCUT2D eigenvalue weighted by atomic mass is 10.3. The summed E-state index contributed by atoms with van der Waals surface area (Å²) in [5, 5.41) is 12.7. The number of hydrogen-bond acceptors (Lipinski definition) is 4. The van der Waals surface area contributed by atoms with Gasteiger partial charge in [-0.3, -0.25) is 5.32 Å². The molecule has 2 aromatic rings. The minimum Gasteiger partial charge on any atom is -0.271 e. The maximum absolute atomic E-state index is 8.65. The fraction of sp³-hybridized carbons (Fsp3) is 0.0667. The lowest BCUT2D eigenvalue weighted by Gasteiger charge is -2.08. The molecular formula is C15H11Cl2N3S2. The van der Waals surface area contributed by atoms with Crippen LogP contribution in [0.3, 0.4) is 0 Å². The Morgan fingerprint density at radius 3 is 2.36 bits per heavy atom. The molecule has 0 bridgehead atoms. The molecule has 2 aromatic carbocycles. The summed E-state index contributed by atoms with van der Waals surface area (Å²) in [6.07, 6.45) is 3.67. The Hall–Kier alpha value is -1.32. The van der Waals surface area contributed by atoms with E-state index < -0.39 is 0 Å². The van der Waals surface area contributed by atoms with Gasteiger partial charge >= 0.3 is 0 Å². The smallest absolute Gasteiger partial charge is 0.183 e. The van der Waals surface area contributed by atoms with Crippen LogP contribution in [-0.2, 0) is 0 Å². The van der Waals surface area contributed by atoms with Gasteiger partial charge in [-0.1, -0.05) is 64.9 Å². The predicted molar refractivity (Wildman–Crippen MR) is 96.4 cm³/mol. The van der Waals surface area contributed by atoms with Crippen LogP contribution in [0.15, 0.2) is 57.2 Å². The van der Waals surface area contributed by atoms with Crippen LogP contribution >= 0.6 is 46.7 Å². The van der Waals surface area contributed by atoms with E-state index in [0.717, 1.165) is 9.79 Å². The van der Waals surface area contributed by atoms with Gasteiger partial charge in [-0.2, -0.15) is 5.26 Å². The topological polar surface area (TPSA) is 48.2 Å². The summed E-state index contributed by atoms with van der Waals surface area (Å²) in [6, 6.07) is 13.3. The Balaban J connectivity index is 2.31. The Bertz CT molecular complexity index is 704. The van der Waals surface area contributed by atoms with Gasteiger partial charge < -0.3 is 0 Å². The summed E-state index contributed by atoms with van der Waals surface area (Å²) in [4.78, 5) is 6.14. The van der Waals surface area contributed by atoms with Crippen molar-refractivity contribution in [2.75, 3.05) is 6.26 Å². The highest BCUT2D eigenvalue weighted by Gasteiger charge is 2.10. The van der Waals surface area contributed by atoms with Gasteiger partial charge in [-0.25, -0.2) is 4.99 Å². The number of amidine groups is 1.